The third-order valence-electron chi connectivity index (χ3n) is 3.88. The second-order valence-electron chi connectivity index (χ2n) is 5.56. The zero-order chi connectivity index (χ0) is 13.2. The van der Waals surface area contributed by atoms with Gasteiger partial charge in [-0.05, 0) is 31.2 Å². The summed E-state index contributed by atoms with van der Waals surface area (Å²) in [7, 11) is 0. The molecule has 0 bridgehead atoms. The lowest BCUT2D eigenvalue weighted by Gasteiger charge is -2.33. The van der Waals surface area contributed by atoms with Gasteiger partial charge >= 0.3 is 0 Å². The second kappa shape index (κ2) is 5.47. The van der Waals surface area contributed by atoms with Crippen LogP contribution in [0.3, 0.4) is 0 Å². The molecular weight excluding hydrogens is 243 g/mol. The molecule has 1 aliphatic heterocycles. The van der Waals surface area contributed by atoms with Crippen LogP contribution in [0.1, 0.15) is 31.2 Å². The third kappa shape index (κ3) is 3.07. The summed E-state index contributed by atoms with van der Waals surface area (Å²) in [6.45, 7) is 2.02. The van der Waals surface area contributed by atoms with Gasteiger partial charge in [0, 0.05) is 31.7 Å². The van der Waals surface area contributed by atoms with Crippen molar-refractivity contribution < 1.29 is 9.50 Å². The van der Waals surface area contributed by atoms with Crippen LogP contribution in [0.5, 0.6) is 0 Å². The normalized spacial score (nSPS) is 23.7. The van der Waals surface area contributed by atoms with Crippen LogP contribution in [0.15, 0.2) is 12.1 Å². The van der Waals surface area contributed by atoms with Gasteiger partial charge < -0.3 is 15.3 Å². The molecule has 1 heterocycles. The van der Waals surface area contributed by atoms with Gasteiger partial charge in [0.2, 0.25) is 0 Å². The zero-order valence-corrected chi connectivity index (χ0v) is 11.0. The summed E-state index contributed by atoms with van der Waals surface area (Å²) in [5.74, 6) is -0.302. The van der Waals surface area contributed by atoms with E-state index < -0.39 is 0 Å². The maximum Gasteiger partial charge on any atom is 0.154 e. The molecule has 1 aromatic rings. The van der Waals surface area contributed by atoms with E-state index in [0.717, 1.165) is 24.9 Å². The number of hydrogen-bond donors (Lipinski definition) is 2. The molecule has 0 spiro atoms. The Morgan fingerprint density at radius 3 is 3.00 bits per heavy atom. The lowest BCUT2D eigenvalue weighted by atomic mass is 10.0. The van der Waals surface area contributed by atoms with E-state index in [1.54, 1.807) is 6.07 Å². The van der Waals surface area contributed by atoms with Gasteiger partial charge in [0.05, 0.1) is 11.8 Å². The highest BCUT2D eigenvalue weighted by Gasteiger charge is 2.24. The van der Waals surface area contributed by atoms with Crippen molar-refractivity contribution in [2.24, 2.45) is 0 Å². The minimum absolute atomic E-state index is 0.302. The predicted molar refractivity (Wildman–Crippen MR) is 72.6 cm³/mol. The van der Waals surface area contributed by atoms with Gasteiger partial charge in [-0.2, -0.15) is 0 Å². The van der Waals surface area contributed by atoms with Gasteiger partial charge in [-0.15, -0.1) is 0 Å². The van der Waals surface area contributed by atoms with Crippen molar-refractivity contribution in [3.63, 3.8) is 0 Å². The highest BCUT2D eigenvalue weighted by atomic mass is 19.1. The molecule has 2 N–H and O–H groups in total. The fourth-order valence-electron chi connectivity index (χ4n) is 2.69. The van der Waals surface area contributed by atoms with Gasteiger partial charge in [0.15, 0.2) is 5.82 Å². The fraction of sp³-hybridized carbons (Fsp3) is 0.600. The Morgan fingerprint density at radius 2 is 2.26 bits per heavy atom. The summed E-state index contributed by atoms with van der Waals surface area (Å²) in [5.41, 5.74) is 1.59. The number of rotatable bonds is 4. The van der Waals surface area contributed by atoms with Crippen LogP contribution in [-0.2, 0) is 6.54 Å². The summed E-state index contributed by atoms with van der Waals surface area (Å²) in [6.07, 6.45) is 3.81. The molecule has 3 nitrogen and oxygen atoms in total. The Balaban J connectivity index is 1.80. The van der Waals surface area contributed by atoms with Crippen molar-refractivity contribution in [3.05, 3.63) is 29.6 Å². The van der Waals surface area contributed by atoms with E-state index in [-0.39, 0.29) is 11.9 Å². The van der Waals surface area contributed by atoms with Crippen molar-refractivity contribution in [2.45, 2.75) is 44.4 Å². The average Bonchev–Trinajstić information content (AvgIpc) is 3.20. The molecular formula is C15H20FN2O. The standard InChI is InChI=1S/C15H20FN2O/c16-14-5-1-3-11(9-17-12-6-7-12)15(14)18-8-2-4-13(19)10-18/h1,3,12-13,17,19H,2,4,6-10H2. The number of hydrogen-bond acceptors (Lipinski definition) is 3. The second-order valence-corrected chi connectivity index (χ2v) is 5.56. The van der Waals surface area contributed by atoms with Crippen LogP contribution in [0.2, 0.25) is 0 Å². The lowest BCUT2D eigenvalue weighted by molar-refractivity contribution is 0.154. The predicted octanol–water partition coefficient (Wildman–Crippen LogP) is 1.84. The van der Waals surface area contributed by atoms with E-state index in [2.05, 4.69) is 11.4 Å². The number of nitrogens with zero attached hydrogens (tertiary/aromatic N) is 1. The van der Waals surface area contributed by atoms with E-state index in [0.29, 0.717) is 24.8 Å². The lowest BCUT2D eigenvalue weighted by Crippen LogP contribution is -2.39. The first-order valence-electron chi connectivity index (χ1n) is 7.09. The van der Waals surface area contributed by atoms with Crippen LogP contribution < -0.4 is 10.2 Å². The Morgan fingerprint density at radius 1 is 1.42 bits per heavy atom. The SMILES string of the molecule is OC1CCCN(c2c(F)[c]ccc2CNC2CC2)C1. The molecule has 1 atom stereocenters. The molecule has 1 aliphatic carbocycles. The number of benzene rings is 1. The van der Waals surface area contributed by atoms with Crippen molar-refractivity contribution in [1.29, 1.82) is 0 Å². The number of nitrogens with one attached hydrogen (secondary N) is 1. The zero-order valence-electron chi connectivity index (χ0n) is 11.0. The first kappa shape index (κ1) is 12.9. The van der Waals surface area contributed by atoms with Gasteiger partial charge in [0.1, 0.15) is 0 Å². The quantitative estimate of drug-likeness (QED) is 0.870. The van der Waals surface area contributed by atoms with E-state index in [4.69, 9.17) is 0 Å². The summed E-state index contributed by atoms with van der Waals surface area (Å²) in [4.78, 5) is 1.96. The molecule has 1 radical (unpaired) electrons. The Hall–Kier alpha value is -1.13. The molecule has 1 saturated carbocycles. The summed E-state index contributed by atoms with van der Waals surface area (Å²) in [5, 5.41) is 13.2. The van der Waals surface area contributed by atoms with Gasteiger partial charge in [0.25, 0.3) is 0 Å². The number of aliphatic hydroxyl groups is 1. The van der Waals surface area contributed by atoms with Crippen LogP contribution in [-0.4, -0.2) is 30.3 Å². The summed E-state index contributed by atoms with van der Waals surface area (Å²) in [6, 6.07) is 6.81. The average molecular weight is 263 g/mol. The minimum Gasteiger partial charge on any atom is -0.391 e. The van der Waals surface area contributed by atoms with Crippen LogP contribution in [0, 0.1) is 11.9 Å². The largest absolute Gasteiger partial charge is 0.391 e. The number of β-amino-alcohol motifs (C(OH)–C–C–N with tert-alkyl or cyclic N) is 1. The van der Waals surface area contributed by atoms with E-state index in [9.17, 15) is 9.50 Å². The fourth-order valence-corrected chi connectivity index (χ4v) is 2.69. The first-order valence-corrected chi connectivity index (χ1v) is 7.09. The van der Waals surface area contributed by atoms with E-state index in [1.165, 1.54) is 12.8 Å². The highest BCUT2D eigenvalue weighted by molar-refractivity contribution is 5.55. The number of halogens is 1. The Kier molecular flexibility index (Phi) is 3.71. The summed E-state index contributed by atoms with van der Waals surface area (Å²) < 4.78 is 14.1. The molecule has 3 rings (SSSR count). The molecule has 1 unspecified atom stereocenters. The van der Waals surface area contributed by atoms with Crippen molar-refractivity contribution in [3.8, 4) is 0 Å². The van der Waals surface area contributed by atoms with Crippen molar-refractivity contribution in [1.82, 2.24) is 5.32 Å². The Bertz CT molecular complexity index is 448. The summed E-state index contributed by atoms with van der Waals surface area (Å²) >= 11 is 0. The molecule has 1 aromatic carbocycles. The molecule has 2 aliphatic rings. The van der Waals surface area contributed by atoms with Gasteiger partial charge in [-0.1, -0.05) is 12.1 Å². The monoisotopic (exact) mass is 263 g/mol. The van der Waals surface area contributed by atoms with Crippen LogP contribution >= 0.6 is 0 Å². The minimum atomic E-state index is -0.349. The van der Waals surface area contributed by atoms with Crippen molar-refractivity contribution in [2.75, 3.05) is 18.0 Å². The molecule has 2 fully saturated rings. The smallest absolute Gasteiger partial charge is 0.154 e. The highest BCUT2D eigenvalue weighted by Crippen LogP contribution is 2.28. The van der Waals surface area contributed by atoms with Crippen molar-refractivity contribution >= 4 is 5.69 Å². The molecule has 103 valence electrons. The van der Waals surface area contributed by atoms with E-state index >= 15 is 0 Å². The number of aliphatic hydroxyl groups excluding tert-OH is 1. The molecule has 0 amide bonds. The van der Waals surface area contributed by atoms with Crippen LogP contribution in [0.4, 0.5) is 10.1 Å². The third-order valence-corrected chi connectivity index (χ3v) is 3.88. The molecule has 4 heteroatoms. The number of piperidine rings is 1. The molecule has 1 saturated heterocycles. The van der Waals surface area contributed by atoms with Gasteiger partial charge in [-0.25, -0.2) is 4.39 Å². The number of anilines is 1. The molecule has 0 aromatic heterocycles. The van der Waals surface area contributed by atoms with E-state index in [1.807, 2.05) is 11.0 Å². The topological polar surface area (TPSA) is 35.5 Å². The first-order chi connectivity index (χ1) is 9.24. The maximum absolute atomic E-state index is 14.1. The molecule has 19 heavy (non-hydrogen) atoms. The van der Waals surface area contributed by atoms with Gasteiger partial charge in [-0.3, -0.25) is 0 Å². The maximum atomic E-state index is 14.1. The Labute approximate surface area is 113 Å². The van der Waals surface area contributed by atoms with Crippen LogP contribution in [0.25, 0.3) is 0 Å².